The van der Waals surface area contributed by atoms with Crippen molar-refractivity contribution in [1.29, 1.82) is 0 Å². The van der Waals surface area contributed by atoms with Crippen LogP contribution in [0.15, 0.2) is 59.4 Å². The fourth-order valence-electron chi connectivity index (χ4n) is 3.51. The second-order valence-electron chi connectivity index (χ2n) is 6.73. The minimum absolute atomic E-state index is 0.0404. The molecule has 1 aliphatic rings. The summed E-state index contributed by atoms with van der Waals surface area (Å²) in [6, 6.07) is 11.4. The van der Waals surface area contributed by atoms with Gasteiger partial charge in [-0.15, -0.1) is 0 Å². The van der Waals surface area contributed by atoms with Crippen LogP contribution in [0.5, 0.6) is 0 Å². The highest BCUT2D eigenvalue weighted by Crippen LogP contribution is 2.33. The lowest BCUT2D eigenvalue weighted by molar-refractivity contribution is 0.0673. The first-order chi connectivity index (χ1) is 13.2. The first-order valence-corrected chi connectivity index (χ1v) is 9.16. The van der Waals surface area contributed by atoms with Gasteiger partial charge in [0.1, 0.15) is 11.5 Å². The molecule has 6 heteroatoms. The molecule has 1 amide bonds. The zero-order chi connectivity index (χ0) is 18.6. The SMILES string of the molecule is O=C(c1cccnc1)N1CCCCC[C@H]1c1cc(-c2ccc(F)cc2)on1. The number of aromatic nitrogens is 2. The second-order valence-corrected chi connectivity index (χ2v) is 6.73. The maximum Gasteiger partial charge on any atom is 0.255 e. The van der Waals surface area contributed by atoms with Crippen LogP contribution in [0.4, 0.5) is 4.39 Å². The summed E-state index contributed by atoms with van der Waals surface area (Å²) >= 11 is 0. The number of carbonyl (C=O) groups excluding carboxylic acids is 1. The molecule has 4 rings (SSSR count). The van der Waals surface area contributed by atoms with Gasteiger partial charge in [-0.05, 0) is 49.2 Å². The third kappa shape index (κ3) is 3.74. The number of benzene rings is 1. The minimum Gasteiger partial charge on any atom is -0.356 e. The zero-order valence-electron chi connectivity index (χ0n) is 14.8. The summed E-state index contributed by atoms with van der Waals surface area (Å²) in [6.45, 7) is 0.678. The summed E-state index contributed by atoms with van der Waals surface area (Å²) in [4.78, 5) is 19.0. The number of hydrogen-bond acceptors (Lipinski definition) is 4. The Labute approximate surface area is 156 Å². The Balaban J connectivity index is 1.63. The van der Waals surface area contributed by atoms with Crippen LogP contribution in [0.1, 0.15) is 47.8 Å². The van der Waals surface area contributed by atoms with Crippen molar-refractivity contribution in [1.82, 2.24) is 15.0 Å². The van der Waals surface area contributed by atoms with Gasteiger partial charge in [0.05, 0.1) is 11.6 Å². The molecule has 0 radical (unpaired) electrons. The van der Waals surface area contributed by atoms with Gasteiger partial charge in [-0.2, -0.15) is 0 Å². The van der Waals surface area contributed by atoms with E-state index in [0.717, 1.165) is 36.9 Å². The summed E-state index contributed by atoms with van der Waals surface area (Å²) in [7, 11) is 0. The standard InChI is InChI=1S/C21H20FN3O2/c22-17-9-7-15(8-10-17)20-13-18(24-27-20)19-6-2-1-3-12-25(19)21(26)16-5-4-11-23-14-16/h4-5,7-11,13-14,19H,1-3,6,12H2/t19-/m0/s1. The highest BCUT2D eigenvalue weighted by molar-refractivity contribution is 5.94. The molecule has 0 aliphatic carbocycles. The fourth-order valence-corrected chi connectivity index (χ4v) is 3.51. The van der Waals surface area contributed by atoms with Gasteiger partial charge in [0.2, 0.25) is 0 Å². The summed E-state index contributed by atoms with van der Waals surface area (Å²) < 4.78 is 18.6. The highest BCUT2D eigenvalue weighted by atomic mass is 19.1. The number of halogens is 1. The third-order valence-corrected chi connectivity index (χ3v) is 4.92. The Bertz CT molecular complexity index is 909. The number of likely N-dealkylation sites (tertiary alicyclic amines) is 1. The molecule has 1 atom stereocenters. The molecule has 2 aromatic heterocycles. The molecule has 0 spiro atoms. The number of pyridine rings is 1. The smallest absolute Gasteiger partial charge is 0.255 e. The van der Waals surface area contributed by atoms with Crippen molar-refractivity contribution in [3.05, 3.63) is 71.9 Å². The molecule has 0 bridgehead atoms. The maximum absolute atomic E-state index is 13.1. The van der Waals surface area contributed by atoms with Gasteiger partial charge in [0.25, 0.3) is 5.91 Å². The molecular formula is C21H20FN3O2. The van der Waals surface area contributed by atoms with E-state index in [-0.39, 0.29) is 17.8 Å². The number of hydrogen-bond donors (Lipinski definition) is 0. The molecule has 0 unspecified atom stereocenters. The molecule has 5 nitrogen and oxygen atoms in total. The van der Waals surface area contributed by atoms with Gasteiger partial charge in [-0.25, -0.2) is 4.39 Å². The monoisotopic (exact) mass is 365 g/mol. The summed E-state index contributed by atoms with van der Waals surface area (Å²) in [5, 5.41) is 4.23. The van der Waals surface area contributed by atoms with Crippen molar-refractivity contribution in [2.75, 3.05) is 6.54 Å². The lowest BCUT2D eigenvalue weighted by atomic mass is 10.0. The number of rotatable bonds is 3. The molecule has 0 N–H and O–H groups in total. The van der Waals surface area contributed by atoms with E-state index in [1.807, 2.05) is 11.0 Å². The zero-order valence-corrected chi connectivity index (χ0v) is 14.8. The molecule has 0 saturated carbocycles. The fraction of sp³-hybridized carbons (Fsp3) is 0.286. The van der Waals surface area contributed by atoms with Gasteiger partial charge >= 0.3 is 0 Å². The predicted octanol–water partition coefficient (Wildman–Crippen LogP) is 4.63. The normalized spacial score (nSPS) is 17.5. The van der Waals surface area contributed by atoms with E-state index >= 15 is 0 Å². The Morgan fingerprint density at radius 2 is 2.00 bits per heavy atom. The van der Waals surface area contributed by atoms with E-state index in [1.54, 1.807) is 36.7 Å². The first-order valence-electron chi connectivity index (χ1n) is 9.16. The molecule has 3 aromatic rings. The Morgan fingerprint density at radius 1 is 1.15 bits per heavy atom. The lowest BCUT2D eigenvalue weighted by Crippen LogP contribution is -2.35. The van der Waals surface area contributed by atoms with Crippen LogP contribution in [-0.2, 0) is 0 Å². The van der Waals surface area contributed by atoms with Crippen LogP contribution in [0, 0.1) is 5.82 Å². The third-order valence-electron chi connectivity index (χ3n) is 4.92. The Morgan fingerprint density at radius 3 is 2.78 bits per heavy atom. The van der Waals surface area contributed by atoms with Crippen LogP contribution < -0.4 is 0 Å². The lowest BCUT2D eigenvalue weighted by Gasteiger charge is -2.28. The predicted molar refractivity (Wildman–Crippen MR) is 98.4 cm³/mol. The van der Waals surface area contributed by atoms with Gasteiger partial charge in [0, 0.05) is 30.6 Å². The largest absolute Gasteiger partial charge is 0.356 e. The second kappa shape index (κ2) is 7.70. The summed E-state index contributed by atoms with van der Waals surface area (Å²) in [6.07, 6.45) is 7.16. The van der Waals surface area contributed by atoms with Crippen LogP contribution in [0.3, 0.4) is 0 Å². The number of amides is 1. The van der Waals surface area contributed by atoms with E-state index in [2.05, 4.69) is 10.1 Å². The quantitative estimate of drug-likeness (QED) is 0.679. The first kappa shape index (κ1) is 17.4. The average Bonchev–Trinajstić information content (AvgIpc) is 3.06. The van der Waals surface area contributed by atoms with Gasteiger partial charge in [-0.1, -0.05) is 18.0 Å². The summed E-state index contributed by atoms with van der Waals surface area (Å²) in [5.74, 6) is 0.236. The van der Waals surface area contributed by atoms with Crippen molar-refractivity contribution in [2.45, 2.75) is 31.7 Å². The minimum atomic E-state index is -0.296. The topological polar surface area (TPSA) is 59.2 Å². The average molecular weight is 365 g/mol. The van der Waals surface area contributed by atoms with Crippen LogP contribution in [0.2, 0.25) is 0 Å². The Hall–Kier alpha value is -3.02. The molecule has 27 heavy (non-hydrogen) atoms. The van der Waals surface area contributed by atoms with E-state index in [0.29, 0.717) is 17.9 Å². The molecular weight excluding hydrogens is 345 g/mol. The van der Waals surface area contributed by atoms with E-state index in [1.165, 1.54) is 12.1 Å². The van der Waals surface area contributed by atoms with Crippen LogP contribution in [-0.4, -0.2) is 27.5 Å². The number of carbonyl (C=O) groups is 1. The Kier molecular flexibility index (Phi) is 4.96. The molecule has 1 aliphatic heterocycles. The van der Waals surface area contributed by atoms with Crippen molar-refractivity contribution < 1.29 is 13.7 Å². The van der Waals surface area contributed by atoms with Crippen molar-refractivity contribution in [3.63, 3.8) is 0 Å². The molecule has 1 aromatic carbocycles. The molecule has 138 valence electrons. The van der Waals surface area contributed by atoms with E-state index in [9.17, 15) is 9.18 Å². The van der Waals surface area contributed by atoms with E-state index < -0.39 is 0 Å². The molecule has 1 fully saturated rings. The van der Waals surface area contributed by atoms with Gasteiger partial charge < -0.3 is 9.42 Å². The van der Waals surface area contributed by atoms with E-state index in [4.69, 9.17) is 4.52 Å². The van der Waals surface area contributed by atoms with Gasteiger partial charge in [-0.3, -0.25) is 9.78 Å². The van der Waals surface area contributed by atoms with Crippen LogP contribution in [0.25, 0.3) is 11.3 Å². The summed E-state index contributed by atoms with van der Waals surface area (Å²) in [5.41, 5.74) is 2.06. The van der Waals surface area contributed by atoms with Crippen LogP contribution >= 0.6 is 0 Å². The number of nitrogens with zero attached hydrogens (tertiary/aromatic N) is 3. The van der Waals surface area contributed by atoms with Gasteiger partial charge in [0.15, 0.2) is 5.76 Å². The maximum atomic E-state index is 13.1. The van der Waals surface area contributed by atoms with Crippen molar-refractivity contribution >= 4 is 5.91 Å². The molecule has 1 saturated heterocycles. The van der Waals surface area contributed by atoms with Crippen molar-refractivity contribution in [3.8, 4) is 11.3 Å². The van der Waals surface area contributed by atoms with Crippen molar-refractivity contribution in [2.24, 2.45) is 0 Å². The highest BCUT2D eigenvalue weighted by Gasteiger charge is 2.30. The molecule has 3 heterocycles.